The van der Waals surface area contributed by atoms with Gasteiger partial charge in [0.2, 0.25) is 0 Å². The molecule has 0 saturated carbocycles. The maximum absolute atomic E-state index is 11.6. The molecule has 3 nitrogen and oxygen atoms in total. The third-order valence-electron chi connectivity index (χ3n) is 3.08. The Morgan fingerprint density at radius 1 is 1.31 bits per heavy atom. The minimum atomic E-state index is -0.181. The van der Waals surface area contributed by atoms with Crippen LogP contribution in [0.5, 0.6) is 0 Å². The first-order valence-electron chi connectivity index (χ1n) is 6.42. The average Bonchev–Trinajstić information content (AvgIpc) is 2.64. The zero-order valence-electron chi connectivity index (χ0n) is 10.2. The predicted molar refractivity (Wildman–Crippen MR) is 62.1 cm³/mol. The van der Waals surface area contributed by atoms with Crippen LogP contribution < -0.4 is 0 Å². The van der Waals surface area contributed by atoms with Crippen molar-refractivity contribution >= 4 is 11.8 Å². The molecule has 0 aromatic heterocycles. The van der Waals surface area contributed by atoms with Crippen molar-refractivity contribution in [2.24, 2.45) is 5.92 Å². The number of ether oxygens (including phenoxy) is 1. The van der Waals surface area contributed by atoms with Gasteiger partial charge in [0.1, 0.15) is 5.78 Å². The van der Waals surface area contributed by atoms with Crippen molar-refractivity contribution < 1.29 is 14.3 Å². The van der Waals surface area contributed by atoms with Gasteiger partial charge in [-0.25, -0.2) is 0 Å². The van der Waals surface area contributed by atoms with Gasteiger partial charge < -0.3 is 4.74 Å². The molecule has 0 bridgehead atoms. The fourth-order valence-electron chi connectivity index (χ4n) is 2.03. The van der Waals surface area contributed by atoms with E-state index in [1.165, 1.54) is 19.3 Å². The molecular weight excluding hydrogens is 204 g/mol. The van der Waals surface area contributed by atoms with E-state index in [4.69, 9.17) is 4.74 Å². The van der Waals surface area contributed by atoms with Gasteiger partial charge in [0.25, 0.3) is 0 Å². The summed E-state index contributed by atoms with van der Waals surface area (Å²) in [5.74, 6) is -0.108. The Kier molecular flexibility index (Phi) is 6.12. The summed E-state index contributed by atoms with van der Waals surface area (Å²) in [6, 6.07) is 0. The molecule has 1 heterocycles. The van der Waals surface area contributed by atoms with Crippen molar-refractivity contribution in [1.29, 1.82) is 0 Å². The van der Waals surface area contributed by atoms with E-state index >= 15 is 0 Å². The molecular formula is C13H22O3. The number of hydrogen-bond acceptors (Lipinski definition) is 3. The van der Waals surface area contributed by atoms with Gasteiger partial charge in [-0.05, 0) is 12.8 Å². The van der Waals surface area contributed by atoms with Crippen LogP contribution in [0.25, 0.3) is 0 Å². The molecule has 1 aliphatic rings. The zero-order chi connectivity index (χ0) is 11.8. The van der Waals surface area contributed by atoms with Crippen molar-refractivity contribution in [3.8, 4) is 0 Å². The first-order valence-corrected chi connectivity index (χ1v) is 6.42. The molecule has 3 heteroatoms. The third-order valence-corrected chi connectivity index (χ3v) is 3.08. The van der Waals surface area contributed by atoms with E-state index in [0.29, 0.717) is 19.4 Å². The summed E-state index contributed by atoms with van der Waals surface area (Å²) < 4.78 is 4.83. The van der Waals surface area contributed by atoms with Crippen LogP contribution >= 0.6 is 0 Å². The molecule has 0 aromatic rings. The number of ketones is 1. The van der Waals surface area contributed by atoms with Gasteiger partial charge in [0, 0.05) is 12.8 Å². The second kappa shape index (κ2) is 7.42. The van der Waals surface area contributed by atoms with Crippen LogP contribution in [0.2, 0.25) is 0 Å². The second-order valence-corrected chi connectivity index (χ2v) is 4.56. The highest BCUT2D eigenvalue weighted by atomic mass is 16.5. The van der Waals surface area contributed by atoms with Crippen molar-refractivity contribution in [2.45, 2.75) is 58.3 Å². The van der Waals surface area contributed by atoms with E-state index in [1.807, 2.05) is 0 Å². The summed E-state index contributed by atoms with van der Waals surface area (Å²) in [6.45, 7) is 2.67. The molecule has 0 aromatic carbocycles. The smallest absolute Gasteiger partial charge is 0.309 e. The molecule has 1 rings (SSSR count). The minimum absolute atomic E-state index is 0.150. The molecule has 1 aliphatic heterocycles. The van der Waals surface area contributed by atoms with Crippen molar-refractivity contribution in [3.05, 3.63) is 0 Å². The number of unbranched alkanes of at least 4 members (excludes halogenated alkanes) is 4. The maximum atomic E-state index is 11.6. The summed E-state index contributed by atoms with van der Waals surface area (Å²) in [4.78, 5) is 22.7. The Morgan fingerprint density at radius 3 is 2.69 bits per heavy atom. The Balaban J connectivity index is 2.04. The normalized spacial score (nSPS) is 19.8. The van der Waals surface area contributed by atoms with Gasteiger partial charge in [-0.2, -0.15) is 0 Å². The molecule has 16 heavy (non-hydrogen) atoms. The van der Waals surface area contributed by atoms with Gasteiger partial charge in [-0.1, -0.05) is 32.6 Å². The SMILES string of the molecule is CCCCCCCC(=O)C[C@H]1CCOC1=O. The van der Waals surface area contributed by atoms with Gasteiger partial charge >= 0.3 is 5.97 Å². The van der Waals surface area contributed by atoms with E-state index < -0.39 is 0 Å². The number of Topliss-reactive ketones (excluding diaryl/α,β-unsaturated/α-hetero) is 1. The minimum Gasteiger partial charge on any atom is -0.465 e. The molecule has 1 fully saturated rings. The molecule has 0 amide bonds. The van der Waals surface area contributed by atoms with E-state index in [9.17, 15) is 9.59 Å². The van der Waals surface area contributed by atoms with Crippen LogP contribution in [0.3, 0.4) is 0 Å². The Bertz CT molecular complexity index is 235. The monoisotopic (exact) mass is 226 g/mol. The lowest BCUT2D eigenvalue weighted by Gasteiger charge is -2.04. The predicted octanol–water partition coefficient (Wildman–Crippen LogP) is 2.87. The Hall–Kier alpha value is -0.860. The van der Waals surface area contributed by atoms with Crippen LogP contribution in [0.4, 0.5) is 0 Å². The van der Waals surface area contributed by atoms with Crippen LogP contribution in [0.15, 0.2) is 0 Å². The summed E-state index contributed by atoms with van der Waals surface area (Å²) in [5.41, 5.74) is 0. The molecule has 92 valence electrons. The molecule has 0 aliphatic carbocycles. The second-order valence-electron chi connectivity index (χ2n) is 4.56. The van der Waals surface area contributed by atoms with Crippen LogP contribution in [-0.2, 0) is 14.3 Å². The van der Waals surface area contributed by atoms with Crippen LogP contribution in [0, 0.1) is 5.92 Å². The summed E-state index contributed by atoms with van der Waals surface area (Å²) >= 11 is 0. The van der Waals surface area contributed by atoms with Crippen molar-refractivity contribution in [2.75, 3.05) is 6.61 Å². The fourth-order valence-corrected chi connectivity index (χ4v) is 2.03. The van der Waals surface area contributed by atoms with Gasteiger partial charge in [-0.15, -0.1) is 0 Å². The average molecular weight is 226 g/mol. The lowest BCUT2D eigenvalue weighted by atomic mass is 9.98. The number of rotatable bonds is 8. The van der Waals surface area contributed by atoms with Gasteiger partial charge in [-0.3, -0.25) is 9.59 Å². The molecule has 0 spiro atoms. The van der Waals surface area contributed by atoms with Crippen LogP contribution in [0.1, 0.15) is 58.3 Å². The lowest BCUT2D eigenvalue weighted by molar-refractivity contribution is -0.142. The highest BCUT2D eigenvalue weighted by molar-refractivity contribution is 5.85. The van der Waals surface area contributed by atoms with Gasteiger partial charge in [0.15, 0.2) is 0 Å². The first-order chi connectivity index (χ1) is 7.74. The molecule has 0 N–H and O–H groups in total. The molecule has 1 atom stereocenters. The molecule has 0 radical (unpaired) electrons. The largest absolute Gasteiger partial charge is 0.465 e. The lowest BCUT2D eigenvalue weighted by Crippen LogP contribution is -2.13. The number of carbonyl (C=O) groups excluding carboxylic acids is 2. The maximum Gasteiger partial charge on any atom is 0.309 e. The quantitative estimate of drug-likeness (QED) is 0.472. The third kappa shape index (κ3) is 4.77. The Morgan fingerprint density at radius 2 is 2.06 bits per heavy atom. The highest BCUT2D eigenvalue weighted by Gasteiger charge is 2.28. The number of hydrogen-bond donors (Lipinski definition) is 0. The topological polar surface area (TPSA) is 43.4 Å². The van der Waals surface area contributed by atoms with Crippen molar-refractivity contribution in [3.63, 3.8) is 0 Å². The summed E-state index contributed by atoms with van der Waals surface area (Å²) in [6.07, 6.45) is 7.55. The van der Waals surface area contributed by atoms with E-state index in [2.05, 4.69) is 6.92 Å². The number of carbonyl (C=O) groups is 2. The first kappa shape index (κ1) is 13.2. The van der Waals surface area contributed by atoms with E-state index in [1.54, 1.807) is 0 Å². The fraction of sp³-hybridized carbons (Fsp3) is 0.846. The summed E-state index contributed by atoms with van der Waals surface area (Å²) in [5, 5.41) is 0. The number of esters is 1. The molecule has 1 saturated heterocycles. The standard InChI is InChI=1S/C13H22O3/c1-2-3-4-5-6-7-12(14)10-11-8-9-16-13(11)15/h11H,2-10H2,1H3/t11-/m1/s1. The zero-order valence-corrected chi connectivity index (χ0v) is 10.2. The number of cyclic esters (lactones) is 1. The van der Waals surface area contributed by atoms with Crippen LogP contribution in [-0.4, -0.2) is 18.4 Å². The van der Waals surface area contributed by atoms with E-state index in [-0.39, 0.29) is 17.7 Å². The van der Waals surface area contributed by atoms with E-state index in [0.717, 1.165) is 19.3 Å². The van der Waals surface area contributed by atoms with Gasteiger partial charge in [0.05, 0.1) is 12.5 Å². The highest BCUT2D eigenvalue weighted by Crippen LogP contribution is 2.19. The molecule has 0 unspecified atom stereocenters. The Labute approximate surface area is 97.5 Å². The summed E-state index contributed by atoms with van der Waals surface area (Å²) in [7, 11) is 0. The van der Waals surface area contributed by atoms with Crippen molar-refractivity contribution in [1.82, 2.24) is 0 Å².